The van der Waals surface area contributed by atoms with Crippen LogP contribution in [0.1, 0.15) is 25.1 Å². The summed E-state index contributed by atoms with van der Waals surface area (Å²) in [4.78, 5) is 10.6. The first kappa shape index (κ1) is 14.8. The van der Waals surface area contributed by atoms with Gasteiger partial charge in [-0.15, -0.1) is 11.3 Å². The molecular weight excluding hydrogens is 256 g/mol. The van der Waals surface area contributed by atoms with Gasteiger partial charge in [0.15, 0.2) is 5.13 Å². The van der Waals surface area contributed by atoms with Crippen molar-refractivity contribution in [3.05, 3.63) is 11.1 Å². The van der Waals surface area contributed by atoms with Crippen LogP contribution in [-0.2, 0) is 6.54 Å². The first-order chi connectivity index (χ1) is 9.04. The molecule has 2 rings (SSSR count). The predicted octanol–water partition coefficient (Wildman–Crippen LogP) is 2.03. The molecule has 1 fully saturated rings. The van der Waals surface area contributed by atoms with Gasteiger partial charge in [-0.3, -0.25) is 0 Å². The lowest BCUT2D eigenvalue weighted by Crippen LogP contribution is -2.27. The molecule has 1 unspecified atom stereocenters. The number of likely N-dealkylation sites (tertiary alicyclic amines) is 1. The van der Waals surface area contributed by atoms with Crippen molar-refractivity contribution < 1.29 is 0 Å². The van der Waals surface area contributed by atoms with Crippen molar-refractivity contribution in [2.24, 2.45) is 5.92 Å². The number of thiazole rings is 1. The second-order valence-corrected chi connectivity index (χ2v) is 7.04. The highest BCUT2D eigenvalue weighted by molar-refractivity contribution is 7.15. The molecule has 1 aliphatic rings. The zero-order valence-corrected chi connectivity index (χ0v) is 13.3. The van der Waals surface area contributed by atoms with Crippen LogP contribution in [0.4, 0.5) is 5.13 Å². The molecule has 0 radical (unpaired) electrons. The quantitative estimate of drug-likeness (QED) is 0.865. The van der Waals surface area contributed by atoms with Crippen molar-refractivity contribution in [1.82, 2.24) is 15.2 Å². The van der Waals surface area contributed by atoms with Crippen LogP contribution in [0, 0.1) is 5.92 Å². The van der Waals surface area contributed by atoms with Crippen molar-refractivity contribution in [3.8, 4) is 0 Å². The molecule has 19 heavy (non-hydrogen) atoms. The van der Waals surface area contributed by atoms with E-state index in [1.165, 1.54) is 24.4 Å². The number of aromatic nitrogens is 1. The summed E-state index contributed by atoms with van der Waals surface area (Å²) in [6.07, 6.45) is 3.32. The van der Waals surface area contributed by atoms with Gasteiger partial charge in [-0.1, -0.05) is 13.8 Å². The maximum Gasteiger partial charge on any atom is 0.185 e. The Morgan fingerprint density at radius 2 is 2.37 bits per heavy atom. The fourth-order valence-electron chi connectivity index (χ4n) is 2.50. The van der Waals surface area contributed by atoms with Crippen LogP contribution < -0.4 is 10.2 Å². The zero-order chi connectivity index (χ0) is 13.8. The van der Waals surface area contributed by atoms with Crippen molar-refractivity contribution in [2.45, 2.75) is 32.9 Å². The highest BCUT2D eigenvalue weighted by Gasteiger charge is 2.21. The molecule has 1 saturated heterocycles. The second-order valence-electron chi connectivity index (χ2n) is 5.94. The van der Waals surface area contributed by atoms with E-state index < -0.39 is 0 Å². The average Bonchev–Trinajstić information content (AvgIpc) is 2.95. The fraction of sp³-hybridized carbons (Fsp3) is 0.786. The molecule has 0 aromatic carbocycles. The van der Waals surface area contributed by atoms with E-state index in [0.29, 0.717) is 6.04 Å². The average molecular weight is 282 g/mol. The van der Waals surface area contributed by atoms with Gasteiger partial charge in [0, 0.05) is 43.8 Å². The summed E-state index contributed by atoms with van der Waals surface area (Å²) < 4.78 is 0. The molecule has 1 aromatic heterocycles. The maximum absolute atomic E-state index is 4.55. The van der Waals surface area contributed by atoms with Crippen LogP contribution in [0.15, 0.2) is 6.20 Å². The lowest BCUT2D eigenvalue weighted by Gasteiger charge is -2.20. The third kappa shape index (κ3) is 4.44. The summed E-state index contributed by atoms with van der Waals surface area (Å²) in [6, 6.07) is 0.525. The third-order valence-corrected chi connectivity index (χ3v) is 4.69. The Kier molecular flexibility index (Phi) is 5.19. The number of rotatable bonds is 6. The van der Waals surface area contributed by atoms with Gasteiger partial charge in [-0.2, -0.15) is 0 Å². The first-order valence-corrected chi connectivity index (χ1v) is 7.94. The molecule has 2 heterocycles. The van der Waals surface area contributed by atoms with Crippen LogP contribution >= 0.6 is 11.3 Å². The van der Waals surface area contributed by atoms with Crippen LogP contribution in [0.2, 0.25) is 0 Å². The minimum Gasteiger partial charge on any atom is -0.351 e. The van der Waals surface area contributed by atoms with E-state index in [1.807, 2.05) is 6.20 Å². The van der Waals surface area contributed by atoms with E-state index in [2.05, 4.69) is 48.0 Å². The summed E-state index contributed by atoms with van der Waals surface area (Å²) in [5.74, 6) is 0.788. The summed E-state index contributed by atoms with van der Waals surface area (Å²) in [7, 11) is 4.37. The van der Waals surface area contributed by atoms with E-state index in [4.69, 9.17) is 0 Å². The predicted molar refractivity (Wildman–Crippen MR) is 83.0 cm³/mol. The molecule has 0 saturated carbocycles. The maximum atomic E-state index is 4.55. The number of hydrogen-bond acceptors (Lipinski definition) is 5. The van der Waals surface area contributed by atoms with Crippen molar-refractivity contribution in [1.29, 1.82) is 0 Å². The summed E-state index contributed by atoms with van der Waals surface area (Å²) in [6.45, 7) is 8.84. The van der Waals surface area contributed by atoms with E-state index >= 15 is 0 Å². The largest absolute Gasteiger partial charge is 0.351 e. The Balaban J connectivity index is 1.83. The summed E-state index contributed by atoms with van der Waals surface area (Å²) in [5.41, 5.74) is 0. The van der Waals surface area contributed by atoms with Gasteiger partial charge in [0.25, 0.3) is 0 Å². The zero-order valence-electron chi connectivity index (χ0n) is 12.5. The van der Waals surface area contributed by atoms with Crippen LogP contribution in [0.5, 0.6) is 0 Å². The Bertz CT molecular complexity index is 391. The Morgan fingerprint density at radius 1 is 1.58 bits per heavy atom. The minimum absolute atomic E-state index is 0.525. The highest BCUT2D eigenvalue weighted by Crippen LogP contribution is 2.24. The molecule has 1 aromatic rings. The SMILES string of the molecule is CC(C)NCc1cnc(N(C)CC2CCN(C)C2)s1. The standard InChI is InChI=1S/C14H26N4S/c1-11(2)15-7-13-8-16-14(19-13)18(4)10-12-5-6-17(3)9-12/h8,11-12,15H,5-7,9-10H2,1-4H3. The van der Waals surface area contributed by atoms with Gasteiger partial charge in [-0.25, -0.2) is 4.98 Å². The van der Waals surface area contributed by atoms with Crippen molar-refractivity contribution in [2.75, 3.05) is 38.6 Å². The number of hydrogen-bond donors (Lipinski definition) is 1. The van der Waals surface area contributed by atoms with E-state index in [-0.39, 0.29) is 0 Å². The van der Waals surface area contributed by atoms with Crippen LogP contribution in [0.25, 0.3) is 0 Å². The van der Waals surface area contributed by atoms with Crippen LogP contribution in [-0.4, -0.2) is 49.7 Å². The molecule has 5 heteroatoms. The van der Waals surface area contributed by atoms with Crippen LogP contribution in [0.3, 0.4) is 0 Å². The van der Waals surface area contributed by atoms with Gasteiger partial charge < -0.3 is 15.1 Å². The van der Waals surface area contributed by atoms with E-state index in [9.17, 15) is 0 Å². The molecule has 108 valence electrons. The highest BCUT2D eigenvalue weighted by atomic mass is 32.1. The molecule has 4 nitrogen and oxygen atoms in total. The first-order valence-electron chi connectivity index (χ1n) is 7.12. The Labute approximate surface area is 120 Å². The third-order valence-electron chi connectivity index (χ3n) is 3.57. The molecule has 0 spiro atoms. The van der Waals surface area contributed by atoms with E-state index in [0.717, 1.165) is 24.1 Å². The summed E-state index contributed by atoms with van der Waals surface area (Å²) >= 11 is 1.81. The number of nitrogens with zero attached hydrogens (tertiary/aromatic N) is 3. The topological polar surface area (TPSA) is 31.4 Å². The molecule has 0 amide bonds. The normalized spacial score (nSPS) is 20.4. The van der Waals surface area contributed by atoms with Crippen molar-refractivity contribution >= 4 is 16.5 Å². The number of anilines is 1. The molecule has 0 aliphatic carbocycles. The Morgan fingerprint density at radius 3 is 3.00 bits per heavy atom. The lowest BCUT2D eigenvalue weighted by atomic mass is 10.1. The van der Waals surface area contributed by atoms with Gasteiger partial charge in [-0.05, 0) is 25.9 Å². The molecule has 1 N–H and O–H groups in total. The monoisotopic (exact) mass is 282 g/mol. The molecule has 1 atom stereocenters. The second kappa shape index (κ2) is 6.68. The van der Waals surface area contributed by atoms with Gasteiger partial charge in [0.2, 0.25) is 0 Å². The van der Waals surface area contributed by atoms with Crippen molar-refractivity contribution in [3.63, 3.8) is 0 Å². The molecule has 0 bridgehead atoms. The smallest absolute Gasteiger partial charge is 0.185 e. The fourth-order valence-corrected chi connectivity index (χ4v) is 3.33. The number of nitrogens with one attached hydrogen (secondary N) is 1. The van der Waals surface area contributed by atoms with Gasteiger partial charge >= 0.3 is 0 Å². The minimum atomic E-state index is 0.525. The molecule has 1 aliphatic heterocycles. The Hall–Kier alpha value is -0.650. The molecular formula is C14H26N4S. The summed E-state index contributed by atoms with van der Waals surface area (Å²) in [5, 5.41) is 4.59. The lowest BCUT2D eigenvalue weighted by molar-refractivity contribution is 0.396. The van der Waals surface area contributed by atoms with E-state index in [1.54, 1.807) is 11.3 Å². The van der Waals surface area contributed by atoms with Gasteiger partial charge in [0.05, 0.1) is 0 Å². The van der Waals surface area contributed by atoms with Gasteiger partial charge in [0.1, 0.15) is 0 Å².